The molecule has 0 atom stereocenters. The van der Waals surface area contributed by atoms with Crippen molar-refractivity contribution in [1.29, 1.82) is 0 Å². The molecule has 0 radical (unpaired) electrons. The Bertz CT molecular complexity index is 577. The van der Waals surface area contributed by atoms with Crippen LogP contribution in [0.1, 0.15) is 33.1 Å². The lowest BCUT2D eigenvalue weighted by atomic mass is 10.2. The van der Waals surface area contributed by atoms with Gasteiger partial charge in [0.1, 0.15) is 0 Å². The van der Waals surface area contributed by atoms with Crippen LogP contribution in [-0.2, 0) is 10.0 Å². The smallest absolute Gasteiger partial charge is 0.243 e. The fraction of sp³-hybridized carbons (Fsp3) is 0.600. The minimum atomic E-state index is -3.41. The monoisotopic (exact) mass is 311 g/mol. The average Bonchev–Trinajstić information content (AvgIpc) is 2.50. The van der Waals surface area contributed by atoms with Crippen LogP contribution in [0.3, 0.4) is 0 Å². The van der Waals surface area contributed by atoms with E-state index in [0.717, 1.165) is 38.0 Å². The summed E-state index contributed by atoms with van der Waals surface area (Å²) < 4.78 is 26.8. The van der Waals surface area contributed by atoms with E-state index in [2.05, 4.69) is 18.7 Å². The van der Waals surface area contributed by atoms with Gasteiger partial charge in [-0.1, -0.05) is 6.42 Å². The summed E-state index contributed by atoms with van der Waals surface area (Å²) in [5.74, 6) is 0. The van der Waals surface area contributed by atoms with Crippen LogP contribution < -0.4 is 10.6 Å². The third-order valence-corrected chi connectivity index (χ3v) is 5.95. The minimum Gasteiger partial charge on any atom is -0.397 e. The maximum absolute atomic E-state index is 12.6. The van der Waals surface area contributed by atoms with Crippen molar-refractivity contribution in [3.05, 3.63) is 18.2 Å². The molecular weight excluding hydrogens is 286 g/mol. The topological polar surface area (TPSA) is 66.6 Å². The predicted octanol–water partition coefficient (Wildman–Crippen LogP) is 2.29. The van der Waals surface area contributed by atoms with Gasteiger partial charge < -0.3 is 10.6 Å². The first-order valence-corrected chi connectivity index (χ1v) is 9.09. The van der Waals surface area contributed by atoms with Crippen LogP contribution >= 0.6 is 0 Å². The molecule has 1 aliphatic heterocycles. The Morgan fingerprint density at radius 2 is 1.76 bits per heavy atom. The fourth-order valence-corrected chi connectivity index (χ4v) is 4.35. The van der Waals surface area contributed by atoms with E-state index in [1.54, 1.807) is 16.4 Å². The standard InChI is InChI=1S/C15H25N3O2S/c1-3-17(4-2)15-9-8-13(12-14(15)16)21(19,20)18-10-6-5-7-11-18/h8-9,12H,3-7,10-11,16H2,1-2H3. The number of hydrogen-bond donors (Lipinski definition) is 1. The zero-order valence-corrected chi connectivity index (χ0v) is 13.7. The van der Waals surface area contributed by atoms with Crippen LogP contribution in [0.2, 0.25) is 0 Å². The van der Waals surface area contributed by atoms with Gasteiger partial charge in [-0.2, -0.15) is 4.31 Å². The van der Waals surface area contributed by atoms with Crippen molar-refractivity contribution in [2.75, 3.05) is 36.8 Å². The molecule has 0 aliphatic carbocycles. The molecule has 0 unspecified atom stereocenters. The molecule has 2 rings (SSSR count). The van der Waals surface area contributed by atoms with Crippen molar-refractivity contribution in [3.8, 4) is 0 Å². The highest BCUT2D eigenvalue weighted by atomic mass is 32.2. The second-order valence-corrected chi connectivity index (χ2v) is 7.30. The number of nitrogens with two attached hydrogens (primary N) is 1. The SMILES string of the molecule is CCN(CC)c1ccc(S(=O)(=O)N2CCCCC2)cc1N. The Kier molecular flexibility index (Phi) is 5.11. The first kappa shape index (κ1) is 16.1. The molecule has 0 bridgehead atoms. The number of hydrogen-bond acceptors (Lipinski definition) is 4. The van der Waals surface area contributed by atoms with Gasteiger partial charge in [0.25, 0.3) is 0 Å². The van der Waals surface area contributed by atoms with Crippen LogP contribution in [0.5, 0.6) is 0 Å². The Hall–Kier alpha value is -1.27. The second kappa shape index (κ2) is 6.66. The third kappa shape index (κ3) is 3.32. The van der Waals surface area contributed by atoms with E-state index in [9.17, 15) is 8.42 Å². The molecule has 1 fully saturated rings. The van der Waals surface area contributed by atoms with Crippen molar-refractivity contribution in [3.63, 3.8) is 0 Å². The lowest BCUT2D eigenvalue weighted by Gasteiger charge is -2.27. The summed E-state index contributed by atoms with van der Waals surface area (Å²) >= 11 is 0. The molecule has 2 N–H and O–H groups in total. The number of benzene rings is 1. The molecule has 0 spiro atoms. The molecule has 5 nitrogen and oxygen atoms in total. The number of rotatable bonds is 5. The summed E-state index contributed by atoms with van der Waals surface area (Å²) in [6, 6.07) is 5.09. The molecule has 1 aromatic rings. The van der Waals surface area contributed by atoms with Gasteiger partial charge in [0.2, 0.25) is 10.0 Å². The van der Waals surface area contributed by atoms with Crippen molar-refractivity contribution in [1.82, 2.24) is 4.31 Å². The highest BCUT2D eigenvalue weighted by molar-refractivity contribution is 7.89. The highest BCUT2D eigenvalue weighted by Gasteiger charge is 2.26. The number of anilines is 2. The maximum atomic E-state index is 12.6. The van der Waals surface area contributed by atoms with Gasteiger partial charge >= 0.3 is 0 Å². The van der Waals surface area contributed by atoms with E-state index >= 15 is 0 Å². The lowest BCUT2D eigenvalue weighted by molar-refractivity contribution is 0.346. The van der Waals surface area contributed by atoms with Crippen molar-refractivity contribution in [2.45, 2.75) is 38.0 Å². The summed E-state index contributed by atoms with van der Waals surface area (Å²) in [6.07, 6.45) is 2.98. The minimum absolute atomic E-state index is 0.304. The van der Waals surface area contributed by atoms with E-state index in [4.69, 9.17) is 5.73 Å². The lowest BCUT2D eigenvalue weighted by Crippen LogP contribution is -2.35. The van der Waals surface area contributed by atoms with Gasteiger partial charge in [-0.3, -0.25) is 0 Å². The van der Waals surface area contributed by atoms with Crippen LogP contribution in [0.4, 0.5) is 11.4 Å². The van der Waals surface area contributed by atoms with Gasteiger partial charge in [-0.05, 0) is 44.9 Å². The van der Waals surface area contributed by atoms with Crippen molar-refractivity contribution >= 4 is 21.4 Å². The molecular formula is C15H25N3O2S. The van der Waals surface area contributed by atoms with Crippen LogP contribution in [-0.4, -0.2) is 38.9 Å². The van der Waals surface area contributed by atoms with E-state index in [0.29, 0.717) is 23.7 Å². The molecule has 1 heterocycles. The molecule has 0 saturated carbocycles. The van der Waals surface area contributed by atoms with E-state index in [1.807, 2.05) is 6.07 Å². The van der Waals surface area contributed by atoms with Gasteiger partial charge in [0.05, 0.1) is 16.3 Å². The van der Waals surface area contributed by atoms with Crippen LogP contribution in [0.25, 0.3) is 0 Å². The van der Waals surface area contributed by atoms with Gasteiger partial charge in [0, 0.05) is 26.2 Å². The first-order chi connectivity index (χ1) is 10.0. The summed E-state index contributed by atoms with van der Waals surface area (Å²) in [4.78, 5) is 2.42. The Morgan fingerprint density at radius 3 is 2.29 bits per heavy atom. The first-order valence-electron chi connectivity index (χ1n) is 7.65. The Balaban J connectivity index is 2.30. The largest absolute Gasteiger partial charge is 0.397 e. The van der Waals surface area contributed by atoms with Crippen LogP contribution in [0.15, 0.2) is 23.1 Å². The normalized spacial score (nSPS) is 16.9. The molecule has 0 amide bonds. The van der Waals surface area contributed by atoms with Gasteiger partial charge in [-0.25, -0.2) is 8.42 Å². The number of nitrogens with zero attached hydrogens (tertiary/aromatic N) is 2. The highest BCUT2D eigenvalue weighted by Crippen LogP contribution is 2.28. The zero-order chi connectivity index (χ0) is 15.5. The van der Waals surface area contributed by atoms with Crippen molar-refractivity contribution < 1.29 is 8.42 Å². The molecule has 0 aromatic heterocycles. The summed E-state index contributed by atoms with van der Waals surface area (Å²) in [5, 5.41) is 0. The molecule has 118 valence electrons. The third-order valence-electron chi connectivity index (χ3n) is 4.06. The number of nitrogen functional groups attached to an aromatic ring is 1. The molecule has 21 heavy (non-hydrogen) atoms. The Morgan fingerprint density at radius 1 is 1.14 bits per heavy atom. The molecule has 6 heteroatoms. The van der Waals surface area contributed by atoms with Gasteiger partial charge in [0.15, 0.2) is 0 Å². The molecule has 1 saturated heterocycles. The Labute approximate surface area is 127 Å². The molecule has 1 aromatic carbocycles. The fourth-order valence-electron chi connectivity index (χ4n) is 2.80. The molecule has 1 aliphatic rings. The summed E-state index contributed by atoms with van der Waals surface area (Å²) in [5.41, 5.74) is 7.50. The quantitative estimate of drug-likeness (QED) is 0.847. The van der Waals surface area contributed by atoms with E-state index < -0.39 is 10.0 Å². The zero-order valence-electron chi connectivity index (χ0n) is 12.9. The van der Waals surface area contributed by atoms with Crippen molar-refractivity contribution in [2.24, 2.45) is 0 Å². The summed E-state index contributed by atoms with van der Waals surface area (Å²) in [7, 11) is -3.41. The van der Waals surface area contributed by atoms with E-state index in [-0.39, 0.29) is 0 Å². The number of piperidine rings is 1. The second-order valence-electron chi connectivity index (χ2n) is 5.36. The van der Waals surface area contributed by atoms with Crippen LogP contribution in [0, 0.1) is 0 Å². The number of sulfonamides is 1. The van der Waals surface area contributed by atoms with E-state index in [1.165, 1.54) is 0 Å². The summed E-state index contributed by atoms with van der Waals surface area (Å²) in [6.45, 7) is 7.03. The maximum Gasteiger partial charge on any atom is 0.243 e. The van der Waals surface area contributed by atoms with Gasteiger partial charge in [-0.15, -0.1) is 0 Å². The predicted molar refractivity (Wildman–Crippen MR) is 87.0 cm³/mol. The average molecular weight is 311 g/mol.